The molecule has 4 nitrogen and oxygen atoms in total. The molecule has 2 amide bonds. The third kappa shape index (κ3) is 2.64. The zero-order valence-corrected chi connectivity index (χ0v) is 13.5. The summed E-state index contributed by atoms with van der Waals surface area (Å²) in [5.74, 6) is 2.20. The minimum absolute atomic E-state index is 0.0959. The third-order valence-electron chi connectivity index (χ3n) is 6.15. The molecule has 4 fully saturated rings. The average Bonchev–Trinajstić information content (AvgIpc) is 2.45. The molecule has 1 aromatic rings. The van der Waals surface area contributed by atoms with Crippen molar-refractivity contribution < 1.29 is 9.59 Å². The Morgan fingerprint density at radius 2 is 1.70 bits per heavy atom. The highest BCUT2D eigenvalue weighted by atomic mass is 16.2. The van der Waals surface area contributed by atoms with Crippen molar-refractivity contribution in [3.05, 3.63) is 30.3 Å². The lowest BCUT2D eigenvalue weighted by atomic mass is 9.48. The number of para-hydroxylation sites is 1. The van der Waals surface area contributed by atoms with Gasteiger partial charge in [0.05, 0.1) is 0 Å². The first-order valence-electron chi connectivity index (χ1n) is 8.69. The van der Waals surface area contributed by atoms with Gasteiger partial charge in [-0.2, -0.15) is 0 Å². The summed E-state index contributed by atoms with van der Waals surface area (Å²) in [6.07, 6.45) is 5.35. The molecular weight excluding hydrogens is 288 g/mol. The van der Waals surface area contributed by atoms with E-state index in [1.54, 1.807) is 6.92 Å². The van der Waals surface area contributed by atoms with Crippen LogP contribution >= 0.6 is 0 Å². The number of benzene rings is 1. The minimum Gasteiger partial charge on any atom is -0.332 e. The summed E-state index contributed by atoms with van der Waals surface area (Å²) in [4.78, 5) is 24.4. The number of amides is 2. The summed E-state index contributed by atoms with van der Waals surface area (Å²) >= 11 is 0. The number of hydrogen-bond acceptors (Lipinski definition) is 2. The molecular formula is C19H24N2O2. The molecule has 0 spiro atoms. The van der Waals surface area contributed by atoms with Crippen molar-refractivity contribution in [1.82, 2.24) is 5.32 Å². The van der Waals surface area contributed by atoms with Gasteiger partial charge >= 0.3 is 6.03 Å². The fourth-order valence-electron chi connectivity index (χ4n) is 5.77. The number of carbonyl (C=O) groups is 2. The van der Waals surface area contributed by atoms with Gasteiger partial charge in [0.15, 0.2) is 0 Å². The molecule has 0 aliphatic heterocycles. The maximum atomic E-state index is 12.4. The van der Waals surface area contributed by atoms with E-state index in [1.165, 1.54) is 12.8 Å². The molecule has 0 saturated heterocycles. The SMILES string of the molecule is CC(=O)C1C2CC3CC1CC(NC(=O)Nc1ccccc1)(C3)C2. The Labute approximate surface area is 137 Å². The topological polar surface area (TPSA) is 58.2 Å². The van der Waals surface area contributed by atoms with Crippen molar-refractivity contribution in [1.29, 1.82) is 0 Å². The maximum Gasteiger partial charge on any atom is 0.319 e. The molecule has 4 saturated carbocycles. The van der Waals surface area contributed by atoms with Gasteiger partial charge in [-0.1, -0.05) is 18.2 Å². The molecule has 4 aliphatic rings. The van der Waals surface area contributed by atoms with Crippen molar-refractivity contribution in [2.24, 2.45) is 23.7 Å². The molecule has 0 heterocycles. The number of hydrogen-bond donors (Lipinski definition) is 2. The van der Waals surface area contributed by atoms with E-state index in [9.17, 15) is 9.59 Å². The lowest BCUT2D eigenvalue weighted by Gasteiger charge is -2.59. The smallest absolute Gasteiger partial charge is 0.319 e. The van der Waals surface area contributed by atoms with E-state index in [0.29, 0.717) is 23.5 Å². The minimum atomic E-state index is -0.113. The fraction of sp³-hybridized carbons (Fsp3) is 0.579. The van der Waals surface area contributed by atoms with Gasteiger partial charge < -0.3 is 10.6 Å². The molecule has 23 heavy (non-hydrogen) atoms. The van der Waals surface area contributed by atoms with Crippen LogP contribution in [0.15, 0.2) is 30.3 Å². The fourth-order valence-corrected chi connectivity index (χ4v) is 5.77. The maximum absolute atomic E-state index is 12.4. The molecule has 2 atom stereocenters. The van der Waals surface area contributed by atoms with Crippen molar-refractivity contribution in [2.75, 3.05) is 5.32 Å². The van der Waals surface area contributed by atoms with Gasteiger partial charge in [-0.05, 0) is 68.9 Å². The van der Waals surface area contributed by atoms with Crippen LogP contribution in [-0.2, 0) is 4.79 Å². The molecule has 1 aromatic carbocycles. The second kappa shape index (κ2) is 5.36. The van der Waals surface area contributed by atoms with Crippen LogP contribution in [0.3, 0.4) is 0 Å². The number of urea groups is 1. The first-order chi connectivity index (χ1) is 11.0. The first-order valence-corrected chi connectivity index (χ1v) is 8.69. The molecule has 2 N–H and O–H groups in total. The molecule has 2 unspecified atom stereocenters. The number of carbonyl (C=O) groups excluding carboxylic acids is 2. The van der Waals surface area contributed by atoms with E-state index in [2.05, 4.69) is 10.6 Å². The van der Waals surface area contributed by atoms with Crippen LogP contribution in [-0.4, -0.2) is 17.4 Å². The quantitative estimate of drug-likeness (QED) is 0.896. The summed E-state index contributed by atoms with van der Waals surface area (Å²) in [6.45, 7) is 1.75. The van der Waals surface area contributed by atoms with Gasteiger partial charge in [0, 0.05) is 17.1 Å². The van der Waals surface area contributed by atoms with Crippen molar-refractivity contribution >= 4 is 17.5 Å². The van der Waals surface area contributed by atoms with Gasteiger partial charge in [0.1, 0.15) is 5.78 Å². The molecule has 0 radical (unpaired) electrons. The molecule has 0 aromatic heterocycles. The van der Waals surface area contributed by atoms with Crippen molar-refractivity contribution in [3.8, 4) is 0 Å². The van der Waals surface area contributed by atoms with Crippen LogP contribution in [0.4, 0.5) is 10.5 Å². The normalized spacial score (nSPS) is 37.4. The van der Waals surface area contributed by atoms with Crippen LogP contribution in [0.25, 0.3) is 0 Å². The Kier molecular flexibility index (Phi) is 3.43. The lowest BCUT2D eigenvalue weighted by molar-refractivity contribution is -0.135. The Morgan fingerprint density at radius 3 is 2.30 bits per heavy atom. The van der Waals surface area contributed by atoms with Crippen LogP contribution in [0.2, 0.25) is 0 Å². The monoisotopic (exact) mass is 312 g/mol. The van der Waals surface area contributed by atoms with E-state index in [0.717, 1.165) is 24.9 Å². The zero-order chi connectivity index (χ0) is 16.0. The highest BCUT2D eigenvalue weighted by molar-refractivity contribution is 5.89. The standard InChI is InChI=1S/C19H24N2O2/c1-12(22)17-14-7-13-8-15(17)11-19(9-13,10-14)21-18(23)20-16-5-3-2-4-6-16/h2-6,13-15,17H,7-11H2,1H3,(H2,20,21,23). The summed E-state index contributed by atoms with van der Waals surface area (Å²) in [6, 6.07) is 9.44. The zero-order valence-electron chi connectivity index (χ0n) is 13.5. The van der Waals surface area contributed by atoms with Gasteiger partial charge in [-0.25, -0.2) is 4.79 Å². The van der Waals surface area contributed by atoms with Crippen molar-refractivity contribution in [2.45, 2.75) is 44.6 Å². The van der Waals surface area contributed by atoms with E-state index in [1.807, 2.05) is 30.3 Å². The van der Waals surface area contributed by atoms with Crippen LogP contribution in [0, 0.1) is 23.7 Å². The lowest BCUT2D eigenvalue weighted by Crippen LogP contribution is -2.63. The molecule has 5 rings (SSSR count). The summed E-state index contributed by atoms with van der Waals surface area (Å²) in [5, 5.41) is 6.21. The summed E-state index contributed by atoms with van der Waals surface area (Å²) < 4.78 is 0. The second-order valence-corrected chi connectivity index (χ2v) is 7.83. The van der Waals surface area contributed by atoms with Gasteiger partial charge in [0.2, 0.25) is 0 Å². The van der Waals surface area contributed by atoms with Crippen molar-refractivity contribution in [3.63, 3.8) is 0 Å². The Balaban J connectivity index is 1.47. The average molecular weight is 312 g/mol. The number of nitrogens with one attached hydrogen (secondary N) is 2. The number of ketones is 1. The first kappa shape index (κ1) is 14.7. The van der Waals surface area contributed by atoms with Gasteiger partial charge in [-0.15, -0.1) is 0 Å². The summed E-state index contributed by atoms with van der Waals surface area (Å²) in [7, 11) is 0. The molecule has 122 valence electrons. The van der Waals surface area contributed by atoms with E-state index < -0.39 is 0 Å². The second-order valence-electron chi connectivity index (χ2n) is 7.83. The van der Waals surface area contributed by atoms with Crippen LogP contribution in [0.5, 0.6) is 0 Å². The van der Waals surface area contributed by atoms with Crippen LogP contribution in [0.1, 0.15) is 39.0 Å². The highest BCUT2D eigenvalue weighted by Gasteiger charge is 2.56. The number of anilines is 1. The molecule has 4 heteroatoms. The van der Waals surface area contributed by atoms with E-state index >= 15 is 0 Å². The molecule has 4 aliphatic carbocycles. The number of Topliss-reactive ketones (excluding diaryl/α,β-unsaturated/α-hetero) is 1. The van der Waals surface area contributed by atoms with E-state index in [-0.39, 0.29) is 17.5 Å². The summed E-state index contributed by atoms with van der Waals surface area (Å²) in [5.41, 5.74) is 0.720. The predicted octanol–water partition coefficient (Wildman–Crippen LogP) is 3.59. The predicted molar refractivity (Wildman–Crippen MR) is 89.1 cm³/mol. The van der Waals surface area contributed by atoms with Gasteiger partial charge in [0.25, 0.3) is 0 Å². The Morgan fingerprint density at radius 1 is 1.04 bits per heavy atom. The van der Waals surface area contributed by atoms with Crippen LogP contribution < -0.4 is 10.6 Å². The highest BCUT2D eigenvalue weighted by Crippen LogP contribution is 2.58. The largest absolute Gasteiger partial charge is 0.332 e. The number of rotatable bonds is 3. The third-order valence-corrected chi connectivity index (χ3v) is 6.15. The van der Waals surface area contributed by atoms with E-state index in [4.69, 9.17) is 0 Å². The van der Waals surface area contributed by atoms with Gasteiger partial charge in [-0.3, -0.25) is 4.79 Å². The Bertz CT molecular complexity index is 612. The molecule has 4 bridgehead atoms. The Hall–Kier alpha value is -1.84.